The highest BCUT2D eigenvalue weighted by molar-refractivity contribution is 7.84. The van der Waals surface area contributed by atoms with Crippen molar-refractivity contribution in [3.63, 3.8) is 0 Å². The van der Waals surface area contributed by atoms with Crippen LogP contribution in [0.4, 0.5) is 5.13 Å². The van der Waals surface area contributed by atoms with Crippen LogP contribution in [0.15, 0.2) is 16.7 Å². The Labute approximate surface area is 225 Å². The maximum absolute atomic E-state index is 13.2. The van der Waals surface area contributed by atoms with E-state index in [9.17, 15) is 32.5 Å². The number of oxime groups is 1. The Bertz CT molecular complexity index is 1390. The van der Waals surface area contributed by atoms with E-state index in [0.29, 0.717) is 18.8 Å². The van der Waals surface area contributed by atoms with Crippen LogP contribution < -0.4 is 21.7 Å². The number of nitrogen functional groups attached to an aromatic ring is 1. The van der Waals surface area contributed by atoms with Crippen molar-refractivity contribution in [1.82, 2.24) is 40.2 Å². The molecule has 1 saturated carbocycles. The molecule has 0 spiro atoms. The van der Waals surface area contributed by atoms with E-state index in [1.165, 1.54) is 11.6 Å². The number of nitrogens with two attached hydrogens (primary N) is 1. The highest BCUT2D eigenvalue weighted by Gasteiger charge is 2.56. The molecule has 0 aromatic carbocycles. The second-order valence-electron chi connectivity index (χ2n) is 8.70. The van der Waals surface area contributed by atoms with Crippen molar-refractivity contribution >= 4 is 50.3 Å². The predicted molar refractivity (Wildman–Crippen MR) is 134 cm³/mol. The Morgan fingerprint density at radius 1 is 1.36 bits per heavy atom. The summed E-state index contributed by atoms with van der Waals surface area (Å²) >= 11 is 0.979. The standard InChI is InChI=1S/C19H26N10O8S2/c1-21-4-5-22-6-10-7-23-28(26-10)8-12-14(16(31)29(12)39(34,35)36)25-15(30)13(11-9-38-18(20)24-11)27-37-19(2-3-19)17(32)33/h7,9,12,14,21-22H,2-6,8H2,1H3,(H2,20,24)(H,25,30)(H,32,33)(H,34,35,36)/b27-13-/t12-,14?/m0/s1. The minimum absolute atomic E-state index is 0.0460. The summed E-state index contributed by atoms with van der Waals surface area (Å²) in [5.41, 5.74) is 4.09. The zero-order valence-corrected chi connectivity index (χ0v) is 22.1. The molecule has 2 amide bonds. The maximum Gasteiger partial charge on any atom is 0.362 e. The number of β-lactam (4-membered cyclic amide) rings is 1. The van der Waals surface area contributed by atoms with E-state index in [1.54, 1.807) is 0 Å². The first-order chi connectivity index (χ1) is 18.4. The minimum atomic E-state index is -4.97. The van der Waals surface area contributed by atoms with Gasteiger partial charge in [0.15, 0.2) is 10.8 Å². The van der Waals surface area contributed by atoms with Crippen LogP contribution in [0.3, 0.4) is 0 Å². The molecule has 1 aliphatic carbocycles. The Morgan fingerprint density at radius 2 is 2.10 bits per heavy atom. The number of carboxylic acids is 1. The SMILES string of the molecule is CNCCNCc1cnn(C[C@H]2C(NC(=O)/C(=N\OC3(C(=O)O)CC3)c3csc(N)n3)C(=O)N2S(=O)(=O)O)n1. The lowest BCUT2D eigenvalue weighted by molar-refractivity contribution is -0.153. The highest BCUT2D eigenvalue weighted by Crippen LogP contribution is 2.40. The Hall–Kier alpha value is -3.72. The molecule has 0 radical (unpaired) electrons. The maximum atomic E-state index is 13.2. The van der Waals surface area contributed by atoms with Crippen LogP contribution in [0.5, 0.6) is 0 Å². The normalized spacial score (nSPS) is 20.4. The lowest BCUT2D eigenvalue weighted by atomic mass is 9.98. The van der Waals surface area contributed by atoms with Crippen molar-refractivity contribution in [1.29, 1.82) is 0 Å². The summed E-state index contributed by atoms with van der Waals surface area (Å²) in [6, 6.07) is -2.72. The topological polar surface area (TPSA) is 256 Å². The van der Waals surface area contributed by atoms with Gasteiger partial charge in [-0.1, -0.05) is 5.16 Å². The molecule has 20 heteroatoms. The molecule has 2 atom stereocenters. The van der Waals surface area contributed by atoms with E-state index in [4.69, 9.17) is 10.6 Å². The fourth-order valence-corrected chi connectivity index (χ4v) is 5.06. The summed E-state index contributed by atoms with van der Waals surface area (Å²) in [4.78, 5) is 47.5. The second kappa shape index (κ2) is 11.2. The first kappa shape index (κ1) is 28.3. The number of rotatable bonds is 14. The van der Waals surface area contributed by atoms with Gasteiger partial charge in [-0.25, -0.2) is 14.1 Å². The average molecular weight is 587 g/mol. The van der Waals surface area contributed by atoms with Gasteiger partial charge in [0.05, 0.1) is 18.4 Å². The van der Waals surface area contributed by atoms with Gasteiger partial charge in [-0.05, 0) is 7.05 Å². The molecule has 7 N–H and O–H groups in total. The van der Waals surface area contributed by atoms with E-state index >= 15 is 0 Å². The Balaban J connectivity index is 1.51. The van der Waals surface area contributed by atoms with Gasteiger partial charge >= 0.3 is 16.3 Å². The number of amides is 2. The molecule has 1 saturated heterocycles. The lowest BCUT2D eigenvalue weighted by Crippen LogP contribution is -2.73. The Morgan fingerprint density at radius 3 is 2.69 bits per heavy atom. The van der Waals surface area contributed by atoms with Gasteiger partial charge in [-0.2, -0.15) is 23.4 Å². The first-order valence-electron chi connectivity index (χ1n) is 11.5. The molecule has 39 heavy (non-hydrogen) atoms. The number of nitrogens with zero attached hydrogens (tertiary/aromatic N) is 6. The van der Waals surface area contributed by atoms with E-state index in [1.807, 2.05) is 7.05 Å². The third-order valence-corrected chi connectivity index (χ3v) is 7.50. The molecule has 2 aliphatic rings. The molecule has 0 bridgehead atoms. The van der Waals surface area contributed by atoms with Crippen LogP contribution in [0.25, 0.3) is 0 Å². The molecular weight excluding hydrogens is 560 g/mol. The summed E-state index contributed by atoms with van der Waals surface area (Å²) in [6.07, 6.45) is 1.80. The van der Waals surface area contributed by atoms with E-state index < -0.39 is 51.5 Å². The summed E-state index contributed by atoms with van der Waals surface area (Å²) in [6.45, 7) is 1.48. The van der Waals surface area contributed by atoms with Gasteiger partial charge in [0.2, 0.25) is 5.60 Å². The molecule has 2 aromatic rings. The van der Waals surface area contributed by atoms with Gasteiger partial charge < -0.3 is 31.6 Å². The van der Waals surface area contributed by atoms with Gasteiger partial charge in [0.1, 0.15) is 17.8 Å². The van der Waals surface area contributed by atoms with Gasteiger partial charge in [-0.15, -0.1) is 11.3 Å². The molecule has 1 unspecified atom stereocenters. The van der Waals surface area contributed by atoms with Crippen LogP contribution in [0.1, 0.15) is 24.2 Å². The van der Waals surface area contributed by atoms with Crippen LogP contribution in [-0.2, 0) is 42.6 Å². The van der Waals surface area contributed by atoms with E-state index in [0.717, 1.165) is 22.7 Å². The number of aromatic nitrogens is 4. The number of carbonyl (C=O) groups is 3. The third kappa shape index (κ3) is 6.30. The Kier molecular flexibility index (Phi) is 8.11. The first-order valence-corrected chi connectivity index (χ1v) is 13.8. The number of nitrogens with one attached hydrogen (secondary N) is 3. The van der Waals surface area contributed by atoms with Crippen molar-refractivity contribution in [2.75, 3.05) is 25.9 Å². The molecule has 2 fully saturated rings. The van der Waals surface area contributed by atoms with Gasteiger partial charge in [0.25, 0.3) is 11.8 Å². The molecule has 1 aliphatic heterocycles. The average Bonchev–Trinajstić information content (AvgIpc) is 3.33. The van der Waals surface area contributed by atoms with Crippen LogP contribution in [-0.4, -0.2) is 104 Å². The van der Waals surface area contributed by atoms with Crippen LogP contribution in [0.2, 0.25) is 0 Å². The number of anilines is 1. The fraction of sp³-hybridized carbons (Fsp3) is 0.526. The molecule has 3 heterocycles. The van der Waals surface area contributed by atoms with E-state index in [2.05, 4.69) is 36.3 Å². The second-order valence-corrected chi connectivity index (χ2v) is 10.9. The molecule has 2 aromatic heterocycles. The van der Waals surface area contributed by atoms with E-state index in [-0.39, 0.29) is 34.5 Å². The summed E-state index contributed by atoms with van der Waals surface area (Å²) in [5.74, 6) is -3.38. The fourth-order valence-electron chi connectivity index (χ4n) is 3.64. The van der Waals surface area contributed by atoms with Crippen molar-refractivity contribution in [2.24, 2.45) is 5.16 Å². The molecule has 212 valence electrons. The minimum Gasteiger partial charge on any atom is -0.478 e. The number of hydrogen-bond donors (Lipinski definition) is 6. The van der Waals surface area contributed by atoms with Crippen molar-refractivity contribution in [3.05, 3.63) is 23.0 Å². The quantitative estimate of drug-likeness (QED) is 0.0429. The number of thiazole rings is 1. The highest BCUT2D eigenvalue weighted by atomic mass is 32.2. The lowest BCUT2D eigenvalue weighted by Gasteiger charge is -2.43. The van der Waals surface area contributed by atoms with Crippen LogP contribution in [0, 0.1) is 0 Å². The van der Waals surface area contributed by atoms with Crippen molar-refractivity contribution in [3.8, 4) is 0 Å². The number of carboxylic acid groups (broad SMARTS) is 1. The zero-order valence-electron chi connectivity index (χ0n) is 20.5. The van der Waals surface area contributed by atoms with Gasteiger partial charge in [-0.3, -0.25) is 14.1 Å². The third-order valence-electron chi connectivity index (χ3n) is 5.88. The summed E-state index contributed by atoms with van der Waals surface area (Å²) < 4.78 is 33.5. The molecule has 4 rings (SSSR count). The monoisotopic (exact) mass is 586 g/mol. The molecule has 18 nitrogen and oxygen atoms in total. The predicted octanol–water partition coefficient (Wildman–Crippen LogP) is -2.84. The number of likely N-dealkylation sites (N-methyl/N-ethyl adjacent to an activating group) is 1. The molecular formula is C19H26N10O8S2. The number of carbonyl (C=O) groups excluding carboxylic acids is 2. The zero-order chi connectivity index (χ0) is 28.4. The van der Waals surface area contributed by atoms with Crippen molar-refractivity contribution < 1.29 is 37.3 Å². The van der Waals surface area contributed by atoms with Crippen LogP contribution >= 0.6 is 11.3 Å². The smallest absolute Gasteiger partial charge is 0.362 e. The number of hydrogen-bond acceptors (Lipinski definition) is 14. The van der Waals surface area contributed by atoms with Crippen molar-refractivity contribution in [2.45, 2.75) is 43.6 Å². The summed E-state index contributed by atoms with van der Waals surface area (Å²) in [7, 11) is -3.16. The largest absolute Gasteiger partial charge is 0.478 e. The summed E-state index contributed by atoms with van der Waals surface area (Å²) in [5, 5.41) is 31.2. The van der Waals surface area contributed by atoms with Gasteiger partial charge in [0, 0.05) is 37.9 Å². The number of aliphatic carboxylic acids is 1.